The topological polar surface area (TPSA) is 57.2 Å². The van der Waals surface area contributed by atoms with E-state index in [4.69, 9.17) is 18.9 Å². The minimum Gasteiger partial charge on any atom is -0.497 e. The van der Waals surface area contributed by atoms with E-state index in [1.54, 1.807) is 21.3 Å². The van der Waals surface area contributed by atoms with Crippen molar-refractivity contribution < 1.29 is 24.1 Å². The maximum atomic E-state index is 13.4. The first-order valence-corrected chi connectivity index (χ1v) is 14.2. The van der Waals surface area contributed by atoms with Crippen LogP contribution in [0.1, 0.15) is 35.4 Å². The zero-order valence-electron chi connectivity index (χ0n) is 20.7. The highest BCUT2D eigenvalue weighted by atomic mass is 32.2. The second-order valence-corrected chi connectivity index (χ2v) is 12.5. The summed E-state index contributed by atoms with van der Waals surface area (Å²) in [5.74, 6) is 4.47. The van der Waals surface area contributed by atoms with Gasteiger partial charge in [0.1, 0.15) is 23.0 Å². The molecular formula is C29H30O5S2. The summed E-state index contributed by atoms with van der Waals surface area (Å²) in [6.07, 6.45) is 1.88. The molecule has 5 nitrogen and oxygen atoms in total. The predicted octanol–water partition coefficient (Wildman–Crippen LogP) is 5.94. The first-order chi connectivity index (χ1) is 17.5. The molecular weight excluding hydrogens is 492 g/mol. The molecule has 1 saturated carbocycles. The standard InChI is InChI=1S/C29H30O5S2/c1-31-21-12-10-20(11-13-21)28-23(19-8-5-4-6-9-19)18-27(35-14-7-15-36-27)29(28,30)26-24(33-3)16-22(32-2)17-25(26)34-28/h4-6,8-13,16-17,23,30H,7,14-15,18H2,1-3H3. The minimum absolute atomic E-state index is 0.0988. The Hall–Kier alpha value is -2.48. The summed E-state index contributed by atoms with van der Waals surface area (Å²) in [5, 5.41) is 13.4. The predicted molar refractivity (Wildman–Crippen MR) is 145 cm³/mol. The summed E-state index contributed by atoms with van der Waals surface area (Å²) in [6, 6.07) is 22.2. The Labute approximate surface area is 220 Å². The molecule has 3 unspecified atom stereocenters. The molecule has 36 heavy (non-hydrogen) atoms. The third-order valence-electron chi connectivity index (χ3n) is 7.86. The van der Waals surface area contributed by atoms with Crippen molar-refractivity contribution in [3.8, 4) is 23.0 Å². The van der Waals surface area contributed by atoms with Gasteiger partial charge >= 0.3 is 0 Å². The lowest BCUT2D eigenvalue weighted by molar-refractivity contribution is -0.108. The second kappa shape index (κ2) is 8.82. The molecule has 7 heteroatoms. The number of thioether (sulfide) groups is 2. The van der Waals surface area contributed by atoms with E-state index in [0.29, 0.717) is 22.8 Å². The first kappa shape index (κ1) is 23.9. The fraction of sp³-hybridized carbons (Fsp3) is 0.379. The Balaban J connectivity index is 1.69. The van der Waals surface area contributed by atoms with E-state index in [-0.39, 0.29) is 5.92 Å². The van der Waals surface area contributed by atoms with E-state index in [1.807, 2.05) is 66.0 Å². The molecule has 3 aromatic carbocycles. The molecule has 6 rings (SSSR count). The molecule has 3 aliphatic rings. The van der Waals surface area contributed by atoms with Crippen LogP contribution in [-0.2, 0) is 11.2 Å². The van der Waals surface area contributed by atoms with Crippen LogP contribution in [0, 0.1) is 0 Å². The third kappa shape index (κ3) is 3.09. The van der Waals surface area contributed by atoms with Crippen molar-refractivity contribution in [2.45, 2.75) is 34.0 Å². The largest absolute Gasteiger partial charge is 0.497 e. The van der Waals surface area contributed by atoms with Crippen LogP contribution in [0.25, 0.3) is 0 Å². The Bertz CT molecular complexity index is 1260. The molecule has 0 aromatic heterocycles. The number of aliphatic hydroxyl groups is 1. The monoisotopic (exact) mass is 522 g/mol. The van der Waals surface area contributed by atoms with Crippen LogP contribution in [0.2, 0.25) is 0 Å². The molecule has 2 aliphatic heterocycles. The Morgan fingerprint density at radius 3 is 2.19 bits per heavy atom. The van der Waals surface area contributed by atoms with Gasteiger partial charge in [0, 0.05) is 18.1 Å². The van der Waals surface area contributed by atoms with Gasteiger partial charge in [-0.05, 0) is 47.6 Å². The smallest absolute Gasteiger partial charge is 0.176 e. The molecule has 1 N–H and O–H groups in total. The van der Waals surface area contributed by atoms with Crippen molar-refractivity contribution in [2.24, 2.45) is 0 Å². The Morgan fingerprint density at radius 1 is 0.861 bits per heavy atom. The molecule has 0 amide bonds. The third-order valence-corrected chi connectivity index (χ3v) is 11.4. The molecule has 1 saturated heterocycles. The van der Waals surface area contributed by atoms with Gasteiger partial charge < -0.3 is 24.1 Å². The maximum Gasteiger partial charge on any atom is 0.176 e. The van der Waals surface area contributed by atoms with Gasteiger partial charge in [-0.15, -0.1) is 23.5 Å². The highest BCUT2D eigenvalue weighted by molar-refractivity contribution is 8.18. The summed E-state index contributed by atoms with van der Waals surface area (Å²) in [5.41, 5.74) is 0.342. The number of rotatable bonds is 5. The van der Waals surface area contributed by atoms with Crippen molar-refractivity contribution in [1.29, 1.82) is 0 Å². The van der Waals surface area contributed by atoms with Gasteiger partial charge in [-0.3, -0.25) is 0 Å². The number of hydrogen-bond donors (Lipinski definition) is 1. The van der Waals surface area contributed by atoms with Crippen molar-refractivity contribution in [3.63, 3.8) is 0 Å². The molecule has 3 aromatic rings. The van der Waals surface area contributed by atoms with Crippen molar-refractivity contribution in [1.82, 2.24) is 0 Å². The van der Waals surface area contributed by atoms with Crippen LogP contribution >= 0.6 is 23.5 Å². The number of ether oxygens (including phenoxy) is 4. The average Bonchev–Trinajstić information content (AvgIpc) is 3.33. The molecule has 2 fully saturated rings. The second-order valence-electron chi connectivity index (χ2n) is 9.45. The number of benzene rings is 3. The fourth-order valence-electron chi connectivity index (χ4n) is 6.32. The molecule has 1 aliphatic carbocycles. The number of methoxy groups -OCH3 is 3. The summed E-state index contributed by atoms with van der Waals surface area (Å²) in [6.45, 7) is 0. The van der Waals surface area contributed by atoms with Gasteiger partial charge in [-0.1, -0.05) is 42.5 Å². The van der Waals surface area contributed by atoms with E-state index in [1.165, 1.54) is 0 Å². The zero-order chi connectivity index (χ0) is 25.0. The lowest BCUT2D eigenvalue weighted by Gasteiger charge is -2.47. The molecule has 0 bridgehead atoms. The van der Waals surface area contributed by atoms with Crippen molar-refractivity contribution in [3.05, 3.63) is 83.4 Å². The van der Waals surface area contributed by atoms with Crippen LogP contribution in [0.15, 0.2) is 66.7 Å². The van der Waals surface area contributed by atoms with Crippen LogP contribution in [0.5, 0.6) is 23.0 Å². The number of fused-ring (bicyclic) bond motifs is 4. The lowest BCUT2D eigenvalue weighted by atomic mass is 9.71. The SMILES string of the molecule is COc1ccc(C23Oc4cc(OC)cc(OC)c4C2(O)C2(CC3c3ccccc3)SCCCS2)cc1. The van der Waals surface area contributed by atoms with Gasteiger partial charge in [-0.25, -0.2) is 0 Å². The van der Waals surface area contributed by atoms with E-state index in [2.05, 4.69) is 24.3 Å². The normalized spacial score (nSPS) is 27.7. The average molecular weight is 523 g/mol. The zero-order valence-corrected chi connectivity index (χ0v) is 22.3. The summed E-state index contributed by atoms with van der Waals surface area (Å²) >= 11 is 3.72. The van der Waals surface area contributed by atoms with Gasteiger partial charge in [0.25, 0.3) is 0 Å². The molecule has 3 atom stereocenters. The molecule has 1 spiro atoms. The number of hydrogen-bond acceptors (Lipinski definition) is 7. The Morgan fingerprint density at radius 2 is 1.56 bits per heavy atom. The maximum absolute atomic E-state index is 13.4. The summed E-state index contributed by atoms with van der Waals surface area (Å²) in [4.78, 5) is 0. The van der Waals surface area contributed by atoms with Gasteiger partial charge in [0.2, 0.25) is 0 Å². The van der Waals surface area contributed by atoms with E-state index in [9.17, 15) is 5.11 Å². The van der Waals surface area contributed by atoms with Gasteiger partial charge in [-0.2, -0.15) is 0 Å². The summed E-state index contributed by atoms with van der Waals surface area (Å²) in [7, 11) is 4.94. The lowest BCUT2D eigenvalue weighted by Crippen LogP contribution is -2.55. The van der Waals surface area contributed by atoms with Crippen molar-refractivity contribution in [2.75, 3.05) is 32.8 Å². The van der Waals surface area contributed by atoms with Crippen LogP contribution in [-0.4, -0.2) is 42.0 Å². The molecule has 0 radical (unpaired) electrons. The molecule has 188 valence electrons. The fourth-order valence-corrected chi connectivity index (χ4v) is 10.1. The molecule has 2 heterocycles. The van der Waals surface area contributed by atoms with Crippen molar-refractivity contribution >= 4 is 23.5 Å². The van der Waals surface area contributed by atoms with E-state index < -0.39 is 15.3 Å². The van der Waals surface area contributed by atoms with Crippen LogP contribution in [0.4, 0.5) is 0 Å². The van der Waals surface area contributed by atoms with Crippen LogP contribution < -0.4 is 18.9 Å². The van der Waals surface area contributed by atoms with Crippen LogP contribution in [0.3, 0.4) is 0 Å². The first-order valence-electron chi connectivity index (χ1n) is 12.2. The minimum atomic E-state index is -1.36. The summed E-state index contributed by atoms with van der Waals surface area (Å²) < 4.78 is 23.5. The van der Waals surface area contributed by atoms with E-state index >= 15 is 0 Å². The van der Waals surface area contributed by atoms with Gasteiger partial charge in [0.05, 0.1) is 31.0 Å². The van der Waals surface area contributed by atoms with Gasteiger partial charge in [0.15, 0.2) is 11.2 Å². The Kier molecular flexibility index (Phi) is 5.85. The highest BCUT2D eigenvalue weighted by Crippen LogP contribution is 2.77. The quantitative estimate of drug-likeness (QED) is 0.445. The van der Waals surface area contributed by atoms with E-state index in [0.717, 1.165) is 41.2 Å². The highest BCUT2D eigenvalue weighted by Gasteiger charge is 2.79.